The number of nitro groups is 1. The van der Waals surface area contributed by atoms with Crippen LogP contribution in [0.4, 0.5) is 5.69 Å². The van der Waals surface area contributed by atoms with E-state index in [4.69, 9.17) is 0 Å². The smallest absolute Gasteiger partial charge is 0.269 e. The Hall–Kier alpha value is -4.24. The van der Waals surface area contributed by atoms with E-state index < -0.39 is 4.92 Å². The molecule has 0 aliphatic heterocycles. The fraction of sp³-hybridized carbons (Fsp3) is 0. The van der Waals surface area contributed by atoms with Crippen LogP contribution in [0.1, 0.15) is 21.6 Å². The lowest BCUT2D eigenvalue weighted by Crippen LogP contribution is -2.04. The van der Waals surface area contributed by atoms with E-state index in [1.807, 2.05) is 18.2 Å². The minimum absolute atomic E-state index is 0.0382. The number of benzene rings is 2. The number of hydrogen-bond acceptors (Lipinski definition) is 4. The largest absolute Gasteiger partial charge is 0.307 e. The highest BCUT2D eigenvalue weighted by molar-refractivity contribution is 6.16. The van der Waals surface area contributed by atoms with Crippen LogP contribution in [0.5, 0.6) is 0 Å². The van der Waals surface area contributed by atoms with Gasteiger partial charge in [0.25, 0.3) is 5.69 Å². The van der Waals surface area contributed by atoms with E-state index in [1.54, 1.807) is 53.1 Å². The SMILES string of the molecule is N#Cc1c(C(=O)c2ccccc2)c(-c2ccc([N+](=O)[O-])cc2)c2ccccn12. The first kappa shape index (κ1) is 17.2. The van der Waals surface area contributed by atoms with Crippen LogP contribution >= 0.6 is 0 Å². The molecular formula is C22H13N3O3. The number of nitro benzene ring substituents is 1. The molecule has 0 amide bonds. The zero-order chi connectivity index (χ0) is 19.7. The van der Waals surface area contributed by atoms with Crippen LogP contribution in [-0.4, -0.2) is 15.1 Å². The standard InChI is InChI=1S/C22H13N3O3/c23-14-19-21(22(26)16-6-2-1-3-7-16)20(18-8-4-5-13-24(18)19)15-9-11-17(12-10-15)25(27)28/h1-13H. The van der Waals surface area contributed by atoms with Gasteiger partial charge in [0.15, 0.2) is 5.78 Å². The molecule has 2 aromatic heterocycles. The molecule has 2 aromatic carbocycles. The molecule has 134 valence electrons. The number of carbonyl (C=O) groups excluding carboxylic acids is 1. The van der Waals surface area contributed by atoms with Gasteiger partial charge < -0.3 is 4.40 Å². The number of hydrogen-bond donors (Lipinski definition) is 0. The number of carbonyl (C=O) groups is 1. The molecule has 6 nitrogen and oxygen atoms in total. The molecule has 0 saturated carbocycles. The van der Waals surface area contributed by atoms with Crippen LogP contribution in [0.2, 0.25) is 0 Å². The van der Waals surface area contributed by atoms with Crippen molar-refractivity contribution in [3.8, 4) is 17.2 Å². The third-order valence-electron chi connectivity index (χ3n) is 4.58. The van der Waals surface area contributed by atoms with Crippen molar-refractivity contribution >= 4 is 17.0 Å². The molecule has 0 aliphatic carbocycles. The lowest BCUT2D eigenvalue weighted by molar-refractivity contribution is -0.384. The molecule has 2 heterocycles. The molecular weight excluding hydrogens is 354 g/mol. The van der Waals surface area contributed by atoms with Gasteiger partial charge in [0, 0.05) is 29.5 Å². The number of nitrogens with zero attached hydrogens (tertiary/aromatic N) is 3. The van der Waals surface area contributed by atoms with Crippen molar-refractivity contribution in [3.05, 3.63) is 106 Å². The zero-order valence-corrected chi connectivity index (χ0v) is 14.6. The Morgan fingerprint density at radius 2 is 1.64 bits per heavy atom. The summed E-state index contributed by atoms with van der Waals surface area (Å²) in [6.45, 7) is 0. The average molecular weight is 367 g/mol. The Morgan fingerprint density at radius 1 is 0.964 bits per heavy atom. The molecule has 0 aliphatic rings. The summed E-state index contributed by atoms with van der Waals surface area (Å²) in [7, 11) is 0. The molecule has 0 radical (unpaired) electrons. The van der Waals surface area contributed by atoms with E-state index in [1.165, 1.54) is 12.1 Å². The second-order valence-corrected chi connectivity index (χ2v) is 6.17. The van der Waals surface area contributed by atoms with E-state index >= 15 is 0 Å². The third-order valence-corrected chi connectivity index (χ3v) is 4.58. The first-order valence-corrected chi connectivity index (χ1v) is 8.49. The van der Waals surface area contributed by atoms with Gasteiger partial charge in [0.2, 0.25) is 0 Å². The molecule has 0 fully saturated rings. The van der Waals surface area contributed by atoms with E-state index in [0.717, 1.165) is 0 Å². The summed E-state index contributed by atoms with van der Waals surface area (Å²) in [5.41, 5.74) is 2.86. The minimum Gasteiger partial charge on any atom is -0.307 e. The van der Waals surface area contributed by atoms with Gasteiger partial charge in [-0.25, -0.2) is 0 Å². The Balaban J connectivity index is 2.03. The Labute approximate surface area is 160 Å². The van der Waals surface area contributed by atoms with E-state index in [9.17, 15) is 20.2 Å². The van der Waals surface area contributed by atoms with Gasteiger partial charge in [-0.15, -0.1) is 0 Å². The van der Waals surface area contributed by atoms with Crippen molar-refractivity contribution in [3.63, 3.8) is 0 Å². The number of non-ortho nitro benzene ring substituents is 1. The van der Waals surface area contributed by atoms with Gasteiger partial charge in [-0.3, -0.25) is 14.9 Å². The molecule has 0 atom stereocenters. The molecule has 0 N–H and O–H groups in total. The predicted molar refractivity (Wildman–Crippen MR) is 104 cm³/mol. The summed E-state index contributed by atoms with van der Waals surface area (Å²) >= 11 is 0. The lowest BCUT2D eigenvalue weighted by Gasteiger charge is -2.05. The van der Waals surface area contributed by atoms with Crippen molar-refractivity contribution in [2.24, 2.45) is 0 Å². The molecule has 6 heteroatoms. The second kappa shape index (κ2) is 6.82. The van der Waals surface area contributed by atoms with Crippen molar-refractivity contribution in [2.75, 3.05) is 0 Å². The first-order chi connectivity index (χ1) is 13.6. The second-order valence-electron chi connectivity index (χ2n) is 6.17. The number of fused-ring (bicyclic) bond motifs is 1. The molecule has 0 unspecified atom stereocenters. The summed E-state index contributed by atoms with van der Waals surface area (Å²) in [6, 6.07) is 22.3. The average Bonchev–Trinajstić information content (AvgIpc) is 3.08. The van der Waals surface area contributed by atoms with Crippen molar-refractivity contribution in [1.29, 1.82) is 5.26 Å². The van der Waals surface area contributed by atoms with E-state index in [2.05, 4.69) is 6.07 Å². The highest BCUT2D eigenvalue weighted by Gasteiger charge is 2.25. The molecule has 0 bridgehead atoms. The number of pyridine rings is 1. The Bertz CT molecular complexity index is 1250. The Morgan fingerprint density at radius 3 is 2.29 bits per heavy atom. The summed E-state index contributed by atoms with van der Waals surface area (Å²) in [4.78, 5) is 23.8. The van der Waals surface area contributed by atoms with Crippen LogP contribution in [-0.2, 0) is 0 Å². The van der Waals surface area contributed by atoms with Gasteiger partial charge in [0.05, 0.1) is 16.0 Å². The van der Waals surface area contributed by atoms with Crippen molar-refractivity contribution in [1.82, 2.24) is 4.40 Å². The Kier molecular flexibility index (Phi) is 4.18. The molecule has 0 saturated heterocycles. The minimum atomic E-state index is -0.474. The third kappa shape index (κ3) is 2.72. The molecule has 4 aromatic rings. The van der Waals surface area contributed by atoms with Gasteiger partial charge in [-0.2, -0.15) is 5.26 Å². The van der Waals surface area contributed by atoms with Crippen LogP contribution in [0.15, 0.2) is 79.0 Å². The van der Waals surface area contributed by atoms with Crippen LogP contribution in [0.3, 0.4) is 0 Å². The van der Waals surface area contributed by atoms with Gasteiger partial charge in [-0.1, -0.05) is 36.4 Å². The summed E-state index contributed by atoms with van der Waals surface area (Å²) < 4.78 is 1.67. The number of nitriles is 1. The number of rotatable bonds is 4. The van der Waals surface area contributed by atoms with Crippen LogP contribution < -0.4 is 0 Å². The van der Waals surface area contributed by atoms with Crippen molar-refractivity contribution < 1.29 is 9.72 Å². The van der Waals surface area contributed by atoms with E-state index in [0.29, 0.717) is 22.2 Å². The van der Waals surface area contributed by atoms with Gasteiger partial charge >= 0.3 is 0 Å². The fourth-order valence-corrected chi connectivity index (χ4v) is 3.32. The zero-order valence-electron chi connectivity index (χ0n) is 14.6. The van der Waals surface area contributed by atoms with Gasteiger partial charge in [0.1, 0.15) is 11.8 Å². The summed E-state index contributed by atoms with van der Waals surface area (Å²) in [5, 5.41) is 20.8. The predicted octanol–water partition coefficient (Wildman–Crippen LogP) is 4.62. The quantitative estimate of drug-likeness (QED) is 0.299. The highest BCUT2D eigenvalue weighted by Crippen LogP contribution is 2.35. The van der Waals surface area contributed by atoms with Crippen LogP contribution in [0, 0.1) is 21.4 Å². The topological polar surface area (TPSA) is 88.4 Å². The fourth-order valence-electron chi connectivity index (χ4n) is 3.32. The molecule has 28 heavy (non-hydrogen) atoms. The number of aromatic nitrogens is 1. The molecule has 4 rings (SSSR count). The molecule has 0 spiro atoms. The normalized spacial score (nSPS) is 10.5. The van der Waals surface area contributed by atoms with Crippen molar-refractivity contribution in [2.45, 2.75) is 0 Å². The first-order valence-electron chi connectivity index (χ1n) is 8.49. The maximum absolute atomic E-state index is 13.3. The number of ketones is 1. The maximum Gasteiger partial charge on any atom is 0.269 e. The van der Waals surface area contributed by atoms with Gasteiger partial charge in [-0.05, 0) is 29.8 Å². The lowest BCUT2D eigenvalue weighted by atomic mass is 9.95. The summed E-state index contributed by atoms with van der Waals surface area (Å²) in [6.07, 6.45) is 1.73. The van der Waals surface area contributed by atoms with E-state index in [-0.39, 0.29) is 22.7 Å². The monoisotopic (exact) mass is 367 g/mol. The van der Waals surface area contributed by atoms with Crippen LogP contribution in [0.25, 0.3) is 16.6 Å². The maximum atomic E-state index is 13.3. The summed E-state index contributed by atoms with van der Waals surface area (Å²) in [5.74, 6) is -0.269. The highest BCUT2D eigenvalue weighted by atomic mass is 16.6.